The zero-order chi connectivity index (χ0) is 20.1. The van der Waals surface area contributed by atoms with E-state index >= 15 is 0 Å². The summed E-state index contributed by atoms with van der Waals surface area (Å²) >= 11 is 0. The van der Waals surface area contributed by atoms with Crippen LogP contribution in [0.25, 0.3) is 11.0 Å². The van der Waals surface area contributed by atoms with Gasteiger partial charge in [0.2, 0.25) is 0 Å². The van der Waals surface area contributed by atoms with Crippen LogP contribution < -0.4 is 15.7 Å². The van der Waals surface area contributed by atoms with E-state index in [1.54, 1.807) is 18.2 Å². The molecule has 3 rings (SSSR count). The van der Waals surface area contributed by atoms with Gasteiger partial charge in [-0.05, 0) is 43.4 Å². The molecular weight excluding hydrogens is 362 g/mol. The van der Waals surface area contributed by atoms with Gasteiger partial charge in [-0.15, -0.1) is 0 Å². The molecule has 0 aliphatic heterocycles. The van der Waals surface area contributed by atoms with Crippen molar-refractivity contribution < 1.29 is 23.5 Å². The van der Waals surface area contributed by atoms with Crippen LogP contribution in [0.4, 0.5) is 0 Å². The van der Waals surface area contributed by atoms with Gasteiger partial charge in [-0.2, -0.15) is 0 Å². The molecule has 0 bridgehead atoms. The summed E-state index contributed by atoms with van der Waals surface area (Å²) in [7, 11) is 1.40. The molecule has 2 atom stereocenters. The highest BCUT2D eigenvalue weighted by Gasteiger charge is 2.31. The Morgan fingerprint density at radius 3 is 2.79 bits per heavy atom. The molecular formula is C21H25NO6. The van der Waals surface area contributed by atoms with Crippen LogP contribution in [-0.4, -0.2) is 32.1 Å². The fourth-order valence-electron chi connectivity index (χ4n) is 3.75. The highest BCUT2D eigenvalue weighted by atomic mass is 16.5. The van der Waals surface area contributed by atoms with Gasteiger partial charge in [0.05, 0.1) is 13.0 Å². The zero-order valence-corrected chi connectivity index (χ0v) is 16.2. The van der Waals surface area contributed by atoms with E-state index in [1.165, 1.54) is 13.2 Å². The van der Waals surface area contributed by atoms with Gasteiger partial charge in [0.15, 0.2) is 6.61 Å². The number of fused-ring (bicyclic) bond motifs is 1. The minimum atomic E-state index is -0.424. The van der Waals surface area contributed by atoms with Crippen molar-refractivity contribution in [3.05, 3.63) is 40.2 Å². The van der Waals surface area contributed by atoms with E-state index < -0.39 is 5.63 Å². The molecule has 7 heteroatoms. The fourth-order valence-corrected chi connectivity index (χ4v) is 3.75. The van der Waals surface area contributed by atoms with Crippen LogP contribution in [0.2, 0.25) is 0 Å². The van der Waals surface area contributed by atoms with Gasteiger partial charge in [0, 0.05) is 24.1 Å². The normalized spacial score (nSPS) is 19.2. The Bertz CT molecular complexity index is 919. The number of aryl methyl sites for hydroxylation is 1. The van der Waals surface area contributed by atoms with Gasteiger partial charge >= 0.3 is 11.6 Å². The molecule has 2 aromatic rings. The number of benzene rings is 1. The van der Waals surface area contributed by atoms with Gasteiger partial charge < -0.3 is 19.2 Å². The van der Waals surface area contributed by atoms with Crippen molar-refractivity contribution in [1.29, 1.82) is 0 Å². The molecule has 1 amide bonds. The van der Waals surface area contributed by atoms with E-state index in [0.29, 0.717) is 17.9 Å². The first-order valence-electron chi connectivity index (χ1n) is 9.50. The summed E-state index contributed by atoms with van der Waals surface area (Å²) in [6.07, 6.45) is 3.74. The maximum absolute atomic E-state index is 12.2. The second-order valence-corrected chi connectivity index (χ2v) is 7.17. The third-order valence-electron chi connectivity index (χ3n) is 5.27. The van der Waals surface area contributed by atoms with E-state index in [9.17, 15) is 14.4 Å². The van der Waals surface area contributed by atoms with E-state index in [1.807, 2.05) is 6.92 Å². The molecule has 2 unspecified atom stereocenters. The van der Waals surface area contributed by atoms with Gasteiger partial charge in [-0.25, -0.2) is 4.79 Å². The van der Waals surface area contributed by atoms with Crippen LogP contribution in [0.1, 0.15) is 31.2 Å². The number of hydrogen-bond donors (Lipinski definition) is 1. The standard InChI is InChI=1S/C21H25NO6/c1-13-9-20(24)28-18-10-15(7-8-16(13)18)27-12-19(23)22-11-14-5-3-4-6-17(14)21(25)26-2/h7-10,14,17H,3-6,11-12H2,1-2H3,(H,22,23). The highest BCUT2D eigenvalue weighted by Crippen LogP contribution is 2.30. The maximum atomic E-state index is 12.2. The van der Waals surface area contributed by atoms with Crippen LogP contribution in [0, 0.1) is 18.8 Å². The molecule has 150 valence electrons. The molecule has 0 spiro atoms. The van der Waals surface area contributed by atoms with Crippen molar-refractivity contribution in [2.45, 2.75) is 32.6 Å². The number of carbonyl (C=O) groups is 2. The zero-order valence-electron chi connectivity index (χ0n) is 16.2. The molecule has 1 aliphatic carbocycles. The quantitative estimate of drug-likeness (QED) is 0.605. The molecule has 1 N–H and O–H groups in total. The Morgan fingerprint density at radius 2 is 2.00 bits per heavy atom. The SMILES string of the molecule is COC(=O)C1CCCCC1CNC(=O)COc1ccc2c(C)cc(=O)oc2c1. The predicted octanol–water partition coefficient (Wildman–Crippen LogP) is 2.58. The van der Waals surface area contributed by atoms with Crippen molar-refractivity contribution in [3.8, 4) is 5.75 Å². The first kappa shape index (κ1) is 19.9. The summed E-state index contributed by atoms with van der Waals surface area (Å²) in [5.74, 6) is -0.0979. The molecule has 28 heavy (non-hydrogen) atoms. The lowest BCUT2D eigenvalue weighted by Gasteiger charge is -2.29. The Balaban J connectivity index is 1.55. The van der Waals surface area contributed by atoms with Gasteiger partial charge in [0.25, 0.3) is 5.91 Å². The van der Waals surface area contributed by atoms with Crippen molar-refractivity contribution >= 4 is 22.8 Å². The van der Waals surface area contributed by atoms with Crippen molar-refractivity contribution in [3.63, 3.8) is 0 Å². The number of carbonyl (C=O) groups excluding carboxylic acids is 2. The number of methoxy groups -OCH3 is 1. The number of rotatable bonds is 6. The van der Waals surface area contributed by atoms with Crippen LogP contribution >= 0.6 is 0 Å². The Labute approximate surface area is 163 Å². The van der Waals surface area contributed by atoms with Gasteiger partial charge in [-0.3, -0.25) is 9.59 Å². The molecule has 1 aliphatic rings. The lowest BCUT2D eigenvalue weighted by molar-refractivity contribution is -0.148. The maximum Gasteiger partial charge on any atom is 0.336 e. The lowest BCUT2D eigenvalue weighted by atomic mass is 9.79. The second kappa shape index (κ2) is 8.91. The molecule has 0 saturated heterocycles. The summed E-state index contributed by atoms with van der Waals surface area (Å²) in [5, 5.41) is 3.66. The van der Waals surface area contributed by atoms with Gasteiger partial charge in [-0.1, -0.05) is 12.8 Å². The molecule has 1 saturated carbocycles. The Kier molecular flexibility index (Phi) is 6.34. The summed E-state index contributed by atoms with van der Waals surface area (Å²) in [6.45, 7) is 2.10. The summed E-state index contributed by atoms with van der Waals surface area (Å²) in [5.41, 5.74) is 0.821. The molecule has 7 nitrogen and oxygen atoms in total. The molecule has 1 aromatic carbocycles. The van der Waals surface area contributed by atoms with Crippen LogP contribution in [0.3, 0.4) is 0 Å². The van der Waals surface area contributed by atoms with Crippen molar-refractivity contribution in [2.24, 2.45) is 11.8 Å². The minimum absolute atomic E-state index is 0.0862. The number of nitrogens with one attached hydrogen (secondary N) is 1. The van der Waals surface area contributed by atoms with Crippen LogP contribution in [-0.2, 0) is 14.3 Å². The first-order chi connectivity index (χ1) is 13.5. The third-order valence-corrected chi connectivity index (χ3v) is 5.27. The number of amides is 1. The van der Waals surface area contributed by atoms with Gasteiger partial charge in [0.1, 0.15) is 11.3 Å². The van der Waals surface area contributed by atoms with Crippen LogP contribution in [0.5, 0.6) is 5.75 Å². The predicted molar refractivity (Wildman–Crippen MR) is 103 cm³/mol. The van der Waals surface area contributed by atoms with Crippen molar-refractivity contribution in [2.75, 3.05) is 20.3 Å². The number of hydrogen-bond acceptors (Lipinski definition) is 6. The molecule has 0 radical (unpaired) electrons. The Hall–Kier alpha value is -2.83. The summed E-state index contributed by atoms with van der Waals surface area (Å²) in [4.78, 5) is 35.6. The fraction of sp³-hybridized carbons (Fsp3) is 0.476. The second-order valence-electron chi connectivity index (χ2n) is 7.17. The third kappa shape index (κ3) is 4.71. The number of esters is 1. The average Bonchev–Trinajstić information content (AvgIpc) is 2.69. The summed E-state index contributed by atoms with van der Waals surface area (Å²) < 4.78 is 15.6. The Morgan fingerprint density at radius 1 is 1.21 bits per heavy atom. The molecule has 1 aromatic heterocycles. The van der Waals surface area contributed by atoms with E-state index in [2.05, 4.69) is 5.32 Å². The lowest BCUT2D eigenvalue weighted by Crippen LogP contribution is -2.39. The van der Waals surface area contributed by atoms with E-state index in [0.717, 1.165) is 36.6 Å². The van der Waals surface area contributed by atoms with E-state index in [-0.39, 0.29) is 30.3 Å². The minimum Gasteiger partial charge on any atom is -0.484 e. The smallest absolute Gasteiger partial charge is 0.336 e. The average molecular weight is 387 g/mol. The van der Waals surface area contributed by atoms with Crippen LogP contribution in [0.15, 0.2) is 33.5 Å². The van der Waals surface area contributed by atoms with Crippen molar-refractivity contribution in [1.82, 2.24) is 5.32 Å². The topological polar surface area (TPSA) is 94.8 Å². The first-order valence-corrected chi connectivity index (χ1v) is 9.50. The van der Waals surface area contributed by atoms with E-state index in [4.69, 9.17) is 13.9 Å². The largest absolute Gasteiger partial charge is 0.484 e. The molecule has 1 fully saturated rings. The molecule has 1 heterocycles. The summed E-state index contributed by atoms with van der Waals surface area (Å²) in [6, 6.07) is 6.56. The monoisotopic (exact) mass is 387 g/mol. The number of ether oxygens (including phenoxy) is 2. The highest BCUT2D eigenvalue weighted by molar-refractivity contribution is 5.81.